The molecule has 4 N–H and O–H groups in total. The Hall–Kier alpha value is -4.06. The van der Waals surface area contributed by atoms with E-state index in [4.69, 9.17) is 5.14 Å². The molecule has 0 aliphatic heterocycles. The Labute approximate surface area is 222 Å². The van der Waals surface area contributed by atoms with Crippen LogP contribution in [0, 0.1) is 5.92 Å². The SMILES string of the molecule is CC1CC(S(N)(=O)=O)=CC=C1Cc1c(-c2cccc(-c3ccccc3)c2)[nH]n(-c2nc(C(=O)O)cs2)c1=O. The van der Waals surface area contributed by atoms with Crippen LogP contribution in [0.2, 0.25) is 0 Å². The fraction of sp³-hybridized carbons (Fsp3) is 0.148. The van der Waals surface area contributed by atoms with E-state index in [1.807, 2.05) is 61.5 Å². The molecule has 194 valence electrons. The number of nitrogens with two attached hydrogens (primary N) is 1. The summed E-state index contributed by atoms with van der Waals surface area (Å²) in [5.74, 6) is -1.33. The Morgan fingerprint density at radius 1 is 1.13 bits per heavy atom. The van der Waals surface area contributed by atoms with Gasteiger partial charge in [0.05, 0.1) is 10.6 Å². The second-order valence-corrected chi connectivity index (χ2v) is 11.5. The van der Waals surface area contributed by atoms with E-state index in [9.17, 15) is 23.1 Å². The van der Waals surface area contributed by atoms with Crippen LogP contribution >= 0.6 is 11.3 Å². The number of H-pyrrole nitrogens is 1. The molecule has 4 aromatic rings. The van der Waals surface area contributed by atoms with Crippen LogP contribution in [0.4, 0.5) is 0 Å². The number of aromatic carboxylic acids is 1. The van der Waals surface area contributed by atoms with Crippen molar-refractivity contribution in [2.24, 2.45) is 11.1 Å². The number of carbonyl (C=O) groups is 1. The number of nitrogens with zero attached hydrogens (tertiary/aromatic N) is 2. The fourth-order valence-electron chi connectivity index (χ4n) is 4.47. The minimum Gasteiger partial charge on any atom is -0.476 e. The summed E-state index contributed by atoms with van der Waals surface area (Å²) >= 11 is 1.05. The summed E-state index contributed by atoms with van der Waals surface area (Å²) in [4.78, 5) is 29.3. The Bertz CT molecular complexity index is 1760. The lowest BCUT2D eigenvalue weighted by Crippen LogP contribution is -2.21. The van der Waals surface area contributed by atoms with Gasteiger partial charge in [0.1, 0.15) is 0 Å². The predicted molar refractivity (Wildman–Crippen MR) is 147 cm³/mol. The van der Waals surface area contributed by atoms with Gasteiger partial charge in [-0.3, -0.25) is 9.89 Å². The van der Waals surface area contributed by atoms with E-state index in [0.717, 1.165) is 33.6 Å². The fourth-order valence-corrected chi connectivity index (χ4v) is 5.97. The van der Waals surface area contributed by atoms with Gasteiger partial charge in [-0.1, -0.05) is 67.1 Å². The molecule has 5 rings (SSSR count). The van der Waals surface area contributed by atoms with Crippen molar-refractivity contribution in [2.75, 3.05) is 0 Å². The van der Waals surface area contributed by atoms with Crippen LogP contribution in [0.1, 0.15) is 29.4 Å². The average Bonchev–Trinajstić information content (AvgIpc) is 3.51. The maximum absolute atomic E-state index is 13.7. The predicted octanol–water partition coefficient (Wildman–Crippen LogP) is 4.34. The topological polar surface area (TPSA) is 148 Å². The average molecular weight is 549 g/mol. The monoisotopic (exact) mass is 548 g/mol. The number of carboxylic acids is 1. The lowest BCUT2D eigenvalue weighted by molar-refractivity contribution is 0.0691. The van der Waals surface area contributed by atoms with Crippen molar-refractivity contribution in [3.63, 3.8) is 0 Å². The number of hydrogen-bond donors (Lipinski definition) is 3. The van der Waals surface area contributed by atoms with Gasteiger partial charge in [-0.25, -0.2) is 23.3 Å². The van der Waals surface area contributed by atoms with Crippen LogP contribution in [-0.4, -0.2) is 34.3 Å². The van der Waals surface area contributed by atoms with Gasteiger partial charge in [0.2, 0.25) is 15.2 Å². The zero-order valence-corrected chi connectivity index (χ0v) is 21.9. The van der Waals surface area contributed by atoms with E-state index in [2.05, 4.69) is 10.1 Å². The van der Waals surface area contributed by atoms with E-state index in [-0.39, 0.29) is 40.0 Å². The summed E-state index contributed by atoms with van der Waals surface area (Å²) in [6.45, 7) is 1.89. The minimum absolute atomic E-state index is 0.148. The van der Waals surface area contributed by atoms with Crippen molar-refractivity contribution in [1.82, 2.24) is 14.8 Å². The van der Waals surface area contributed by atoms with Gasteiger partial charge in [0, 0.05) is 22.9 Å². The van der Waals surface area contributed by atoms with Crippen LogP contribution in [0.5, 0.6) is 0 Å². The number of aromatic nitrogens is 3. The number of thiazole rings is 1. The summed E-state index contributed by atoms with van der Waals surface area (Å²) in [6, 6.07) is 17.6. The molecular weight excluding hydrogens is 524 g/mol. The van der Waals surface area contributed by atoms with Gasteiger partial charge >= 0.3 is 5.97 Å². The third kappa shape index (κ3) is 5.03. The van der Waals surface area contributed by atoms with Crippen LogP contribution in [-0.2, 0) is 16.4 Å². The van der Waals surface area contributed by atoms with Gasteiger partial charge < -0.3 is 5.11 Å². The van der Waals surface area contributed by atoms with E-state index in [0.29, 0.717) is 11.3 Å². The maximum Gasteiger partial charge on any atom is 0.355 e. The van der Waals surface area contributed by atoms with Gasteiger partial charge in [0.15, 0.2) is 5.69 Å². The third-order valence-electron chi connectivity index (χ3n) is 6.52. The number of primary sulfonamides is 1. The number of nitrogens with one attached hydrogen (secondary N) is 1. The summed E-state index contributed by atoms with van der Waals surface area (Å²) in [7, 11) is -3.79. The zero-order valence-electron chi connectivity index (χ0n) is 20.3. The van der Waals surface area contributed by atoms with Crippen molar-refractivity contribution < 1.29 is 18.3 Å². The van der Waals surface area contributed by atoms with E-state index < -0.39 is 16.0 Å². The van der Waals surface area contributed by atoms with Crippen LogP contribution in [0.15, 0.2) is 87.4 Å². The highest BCUT2D eigenvalue weighted by Crippen LogP contribution is 2.32. The molecule has 0 bridgehead atoms. The third-order valence-corrected chi connectivity index (χ3v) is 8.38. The van der Waals surface area contributed by atoms with Gasteiger partial charge in [0.25, 0.3) is 5.56 Å². The molecule has 1 atom stereocenters. The van der Waals surface area contributed by atoms with Gasteiger partial charge in [-0.05, 0) is 35.6 Å². The molecule has 0 fully saturated rings. The lowest BCUT2D eigenvalue weighted by Gasteiger charge is -2.20. The summed E-state index contributed by atoms with van der Waals surface area (Å²) in [5, 5.41) is 19.4. The minimum atomic E-state index is -3.79. The first-order chi connectivity index (χ1) is 18.1. The molecule has 0 spiro atoms. The summed E-state index contributed by atoms with van der Waals surface area (Å²) in [6.07, 6.45) is 3.71. The number of sulfonamides is 1. The smallest absolute Gasteiger partial charge is 0.355 e. The molecule has 1 aliphatic carbocycles. The van der Waals surface area contributed by atoms with Gasteiger partial charge in [-0.15, -0.1) is 11.3 Å². The number of rotatable bonds is 7. The molecule has 1 aliphatic rings. The molecule has 9 nitrogen and oxygen atoms in total. The van der Waals surface area contributed by atoms with Gasteiger partial charge in [-0.2, -0.15) is 4.68 Å². The Kier molecular flexibility index (Phi) is 6.74. The number of hydrogen-bond acceptors (Lipinski definition) is 6. The number of benzene rings is 2. The number of allylic oxidation sites excluding steroid dienone is 4. The molecule has 2 heterocycles. The highest BCUT2D eigenvalue weighted by atomic mass is 32.2. The second-order valence-electron chi connectivity index (χ2n) is 9.07. The highest BCUT2D eigenvalue weighted by Gasteiger charge is 2.26. The first-order valence-corrected chi connectivity index (χ1v) is 14.2. The number of aromatic amines is 1. The van der Waals surface area contributed by atoms with Crippen molar-refractivity contribution >= 4 is 27.3 Å². The lowest BCUT2D eigenvalue weighted by atomic mass is 9.88. The number of carboxylic acid groups (broad SMARTS) is 1. The summed E-state index contributed by atoms with van der Waals surface area (Å²) in [5.41, 5.74) is 4.19. The molecule has 0 saturated carbocycles. The standard InChI is InChI=1S/C27H24N4O5S2/c1-16-12-21(38(28,35)36)11-10-18(16)14-22-24(20-9-5-8-19(13-20)17-6-3-2-4-7-17)30-31(25(22)32)27-29-23(15-37-27)26(33)34/h2-11,13,15-16,30H,12,14H2,1H3,(H,33,34)(H2,28,35,36). The van der Waals surface area contributed by atoms with E-state index in [1.165, 1.54) is 16.1 Å². The van der Waals surface area contributed by atoms with Crippen LogP contribution < -0.4 is 10.7 Å². The van der Waals surface area contributed by atoms with E-state index in [1.54, 1.807) is 6.08 Å². The van der Waals surface area contributed by atoms with Crippen molar-refractivity contribution in [3.8, 4) is 27.5 Å². The molecule has 38 heavy (non-hydrogen) atoms. The highest BCUT2D eigenvalue weighted by molar-refractivity contribution is 7.93. The van der Waals surface area contributed by atoms with Crippen molar-refractivity contribution in [2.45, 2.75) is 19.8 Å². The molecular formula is C27H24N4O5S2. The Balaban J connectivity index is 1.64. The molecule has 0 amide bonds. The maximum atomic E-state index is 13.7. The molecule has 2 aromatic carbocycles. The van der Waals surface area contributed by atoms with Crippen molar-refractivity contribution in [1.29, 1.82) is 0 Å². The quantitative estimate of drug-likeness (QED) is 0.313. The molecule has 0 radical (unpaired) electrons. The van der Waals surface area contributed by atoms with Crippen LogP contribution in [0.3, 0.4) is 0 Å². The summed E-state index contributed by atoms with van der Waals surface area (Å²) < 4.78 is 24.9. The zero-order chi connectivity index (χ0) is 27.0. The normalized spacial score (nSPS) is 15.7. The molecule has 0 saturated heterocycles. The Morgan fingerprint density at radius 3 is 2.50 bits per heavy atom. The van der Waals surface area contributed by atoms with E-state index >= 15 is 0 Å². The Morgan fingerprint density at radius 2 is 1.84 bits per heavy atom. The second kappa shape index (κ2) is 10.0. The molecule has 11 heteroatoms. The largest absolute Gasteiger partial charge is 0.476 e. The first kappa shape index (κ1) is 25.6. The van der Waals surface area contributed by atoms with Crippen LogP contribution in [0.25, 0.3) is 27.5 Å². The molecule has 2 aromatic heterocycles. The molecule has 1 unspecified atom stereocenters. The van der Waals surface area contributed by atoms with Crippen molar-refractivity contribution in [3.05, 3.63) is 104 Å². The first-order valence-electron chi connectivity index (χ1n) is 11.7.